The normalized spacial score (nSPS) is 26.9. The topological polar surface area (TPSA) is 41.6 Å². The van der Waals surface area contributed by atoms with Gasteiger partial charge in [0.25, 0.3) is 0 Å². The summed E-state index contributed by atoms with van der Waals surface area (Å²) in [7, 11) is 0. The Morgan fingerprint density at radius 2 is 2.00 bits per heavy atom. The summed E-state index contributed by atoms with van der Waals surface area (Å²) >= 11 is 0. The van der Waals surface area contributed by atoms with E-state index in [0.717, 1.165) is 32.1 Å². The highest BCUT2D eigenvalue weighted by atomic mass is 16.5. The van der Waals surface area contributed by atoms with Gasteiger partial charge < -0.3 is 10.1 Å². The van der Waals surface area contributed by atoms with Gasteiger partial charge in [0, 0.05) is 26.2 Å². The van der Waals surface area contributed by atoms with Gasteiger partial charge in [-0.25, -0.2) is 0 Å². The van der Waals surface area contributed by atoms with Gasteiger partial charge in [0.2, 0.25) is 0 Å². The molecule has 0 aromatic rings. The number of carbonyl (C=O) groups is 1. The number of carbonyl (C=O) groups excluding carboxylic acids is 1. The molecule has 0 amide bonds. The van der Waals surface area contributed by atoms with E-state index in [1.807, 2.05) is 6.92 Å². The van der Waals surface area contributed by atoms with Crippen molar-refractivity contribution in [2.75, 3.05) is 32.8 Å². The van der Waals surface area contributed by atoms with E-state index >= 15 is 0 Å². The first-order chi connectivity index (χ1) is 9.31. The monoisotopic (exact) mass is 268 g/mol. The van der Waals surface area contributed by atoms with Crippen LogP contribution in [0.15, 0.2) is 0 Å². The fourth-order valence-corrected chi connectivity index (χ4v) is 3.31. The van der Waals surface area contributed by atoms with E-state index in [4.69, 9.17) is 4.74 Å². The van der Waals surface area contributed by atoms with Gasteiger partial charge in [-0.1, -0.05) is 25.7 Å². The number of nitrogens with zero attached hydrogens (tertiary/aromatic N) is 1. The van der Waals surface area contributed by atoms with Gasteiger partial charge in [-0.2, -0.15) is 0 Å². The Labute approximate surface area is 116 Å². The zero-order valence-electron chi connectivity index (χ0n) is 12.2. The summed E-state index contributed by atoms with van der Waals surface area (Å²) in [6.45, 7) is 6.13. The van der Waals surface area contributed by atoms with Crippen LogP contribution >= 0.6 is 0 Å². The van der Waals surface area contributed by atoms with Crippen molar-refractivity contribution < 1.29 is 9.53 Å². The fourth-order valence-electron chi connectivity index (χ4n) is 3.31. The van der Waals surface area contributed by atoms with Gasteiger partial charge in [-0.05, 0) is 25.7 Å². The lowest BCUT2D eigenvalue weighted by molar-refractivity contribution is -0.150. The Bertz CT molecular complexity index is 275. The number of rotatable bonds is 4. The molecule has 4 nitrogen and oxygen atoms in total. The number of nitrogens with one attached hydrogen (secondary N) is 1. The van der Waals surface area contributed by atoms with Gasteiger partial charge in [0.1, 0.15) is 6.04 Å². The fraction of sp³-hybridized carbons (Fsp3) is 0.933. The van der Waals surface area contributed by atoms with Crippen molar-refractivity contribution in [3.8, 4) is 0 Å². The Morgan fingerprint density at radius 1 is 1.26 bits per heavy atom. The first-order valence-electron chi connectivity index (χ1n) is 7.92. The molecule has 1 saturated carbocycles. The molecule has 1 heterocycles. The van der Waals surface area contributed by atoms with Crippen molar-refractivity contribution >= 4 is 5.97 Å². The molecule has 0 bridgehead atoms. The van der Waals surface area contributed by atoms with Gasteiger partial charge in [-0.15, -0.1) is 0 Å². The second-order valence-electron chi connectivity index (χ2n) is 5.82. The second-order valence-corrected chi connectivity index (χ2v) is 5.82. The van der Waals surface area contributed by atoms with Crippen LogP contribution in [0.5, 0.6) is 0 Å². The molecule has 0 aromatic carbocycles. The molecule has 4 heteroatoms. The van der Waals surface area contributed by atoms with Crippen LogP contribution in [0.2, 0.25) is 0 Å². The number of hydrogen-bond donors (Lipinski definition) is 1. The largest absolute Gasteiger partial charge is 0.465 e. The molecule has 0 spiro atoms. The maximum Gasteiger partial charge on any atom is 0.324 e. The molecule has 2 aliphatic rings. The zero-order chi connectivity index (χ0) is 13.5. The molecule has 0 aromatic heterocycles. The van der Waals surface area contributed by atoms with Crippen molar-refractivity contribution in [3.05, 3.63) is 0 Å². The predicted octanol–water partition coefficient (Wildman–Crippen LogP) is 1.79. The zero-order valence-corrected chi connectivity index (χ0v) is 12.2. The van der Waals surface area contributed by atoms with Gasteiger partial charge >= 0.3 is 5.97 Å². The minimum absolute atomic E-state index is 0.0525. The highest BCUT2D eigenvalue weighted by Crippen LogP contribution is 2.24. The molecular formula is C15H28N2O2. The maximum atomic E-state index is 12.0. The molecule has 2 rings (SSSR count). The Balaban J connectivity index is 1.89. The van der Waals surface area contributed by atoms with Crippen molar-refractivity contribution in [1.82, 2.24) is 10.2 Å². The van der Waals surface area contributed by atoms with E-state index in [0.29, 0.717) is 6.61 Å². The summed E-state index contributed by atoms with van der Waals surface area (Å²) in [5.41, 5.74) is 0. The lowest BCUT2D eigenvalue weighted by Crippen LogP contribution is -2.56. The lowest BCUT2D eigenvalue weighted by atomic mass is 9.98. The molecular weight excluding hydrogens is 240 g/mol. The van der Waals surface area contributed by atoms with Crippen molar-refractivity contribution in [2.45, 2.75) is 51.5 Å². The van der Waals surface area contributed by atoms with Crippen LogP contribution < -0.4 is 5.32 Å². The summed E-state index contributed by atoms with van der Waals surface area (Å²) in [5, 5.41) is 3.31. The van der Waals surface area contributed by atoms with E-state index in [-0.39, 0.29) is 12.0 Å². The molecule has 1 N–H and O–H groups in total. The van der Waals surface area contributed by atoms with E-state index in [9.17, 15) is 4.79 Å². The second kappa shape index (κ2) is 7.85. The van der Waals surface area contributed by atoms with Crippen LogP contribution in [-0.2, 0) is 9.53 Å². The maximum absolute atomic E-state index is 12.0. The number of hydrogen-bond acceptors (Lipinski definition) is 4. The number of piperazine rings is 1. The SMILES string of the molecule is CCOC(=O)C1CNCCN1CC1CCCCCC1. The molecule has 1 saturated heterocycles. The summed E-state index contributed by atoms with van der Waals surface area (Å²) in [5.74, 6) is 0.723. The Hall–Kier alpha value is -0.610. The minimum atomic E-state index is -0.0723. The number of esters is 1. The molecule has 110 valence electrons. The van der Waals surface area contributed by atoms with Crippen LogP contribution in [0.3, 0.4) is 0 Å². The van der Waals surface area contributed by atoms with Gasteiger partial charge in [0.05, 0.1) is 6.61 Å². The summed E-state index contributed by atoms with van der Waals surface area (Å²) in [6, 6.07) is -0.0723. The van der Waals surface area contributed by atoms with E-state index in [2.05, 4.69) is 10.2 Å². The predicted molar refractivity (Wildman–Crippen MR) is 76.1 cm³/mol. The molecule has 1 aliphatic carbocycles. The average molecular weight is 268 g/mol. The molecule has 0 radical (unpaired) electrons. The summed E-state index contributed by atoms with van der Waals surface area (Å²) < 4.78 is 5.20. The summed E-state index contributed by atoms with van der Waals surface area (Å²) in [4.78, 5) is 14.4. The van der Waals surface area contributed by atoms with E-state index < -0.39 is 0 Å². The lowest BCUT2D eigenvalue weighted by Gasteiger charge is -2.36. The Morgan fingerprint density at radius 3 is 2.68 bits per heavy atom. The minimum Gasteiger partial charge on any atom is -0.465 e. The van der Waals surface area contributed by atoms with Crippen LogP contribution in [0.1, 0.15) is 45.4 Å². The van der Waals surface area contributed by atoms with Crippen LogP contribution in [0.4, 0.5) is 0 Å². The smallest absolute Gasteiger partial charge is 0.324 e. The third-order valence-corrected chi connectivity index (χ3v) is 4.38. The van der Waals surface area contributed by atoms with Crippen molar-refractivity contribution in [3.63, 3.8) is 0 Å². The number of ether oxygens (including phenoxy) is 1. The van der Waals surface area contributed by atoms with E-state index in [1.165, 1.54) is 38.5 Å². The van der Waals surface area contributed by atoms with Crippen molar-refractivity contribution in [1.29, 1.82) is 0 Å². The summed E-state index contributed by atoms with van der Waals surface area (Å²) in [6.07, 6.45) is 8.17. The molecule has 2 fully saturated rings. The van der Waals surface area contributed by atoms with Crippen molar-refractivity contribution in [2.24, 2.45) is 5.92 Å². The molecule has 1 atom stereocenters. The first kappa shape index (κ1) is 14.8. The van der Waals surface area contributed by atoms with Crippen LogP contribution in [-0.4, -0.2) is 49.7 Å². The van der Waals surface area contributed by atoms with Crippen LogP contribution in [0, 0.1) is 5.92 Å². The Kier molecular flexibility index (Phi) is 6.11. The molecule has 1 unspecified atom stereocenters. The third-order valence-electron chi connectivity index (χ3n) is 4.38. The third kappa shape index (κ3) is 4.46. The van der Waals surface area contributed by atoms with Gasteiger partial charge in [-0.3, -0.25) is 9.69 Å². The first-order valence-corrected chi connectivity index (χ1v) is 7.92. The van der Waals surface area contributed by atoms with Gasteiger partial charge in [0.15, 0.2) is 0 Å². The highest BCUT2D eigenvalue weighted by molar-refractivity contribution is 5.76. The quantitative estimate of drug-likeness (QED) is 0.623. The molecule has 1 aliphatic heterocycles. The van der Waals surface area contributed by atoms with Crippen LogP contribution in [0.25, 0.3) is 0 Å². The standard InChI is InChI=1S/C15H28N2O2/c1-2-19-15(18)14-11-16-9-10-17(14)12-13-7-5-3-4-6-8-13/h13-14,16H,2-12H2,1H3. The highest BCUT2D eigenvalue weighted by Gasteiger charge is 2.31. The van der Waals surface area contributed by atoms with E-state index in [1.54, 1.807) is 0 Å². The average Bonchev–Trinajstić information content (AvgIpc) is 2.68. The molecule has 19 heavy (non-hydrogen) atoms.